The largest absolute Gasteiger partial charge is 0.494 e. The number of amides is 1. The topological polar surface area (TPSA) is 41.6 Å². The number of anilines is 2. The van der Waals surface area contributed by atoms with Crippen molar-refractivity contribution in [3.05, 3.63) is 60.2 Å². The van der Waals surface area contributed by atoms with Crippen molar-refractivity contribution in [3.63, 3.8) is 0 Å². The predicted octanol–water partition coefficient (Wildman–Crippen LogP) is 4.19. The van der Waals surface area contributed by atoms with Crippen LogP contribution in [0.5, 0.6) is 5.75 Å². The van der Waals surface area contributed by atoms with Gasteiger partial charge >= 0.3 is 0 Å². The van der Waals surface area contributed by atoms with Gasteiger partial charge in [0.15, 0.2) is 0 Å². The van der Waals surface area contributed by atoms with Crippen LogP contribution in [0.2, 0.25) is 0 Å². The quantitative estimate of drug-likeness (QED) is 0.776. The molecule has 0 unspecified atom stereocenters. The summed E-state index contributed by atoms with van der Waals surface area (Å²) >= 11 is 0. The highest BCUT2D eigenvalue weighted by Crippen LogP contribution is 2.16. The summed E-state index contributed by atoms with van der Waals surface area (Å²) in [6.07, 6.45) is 4.30. The van der Waals surface area contributed by atoms with Gasteiger partial charge in [-0.1, -0.05) is 19.1 Å². The Labute approximate surface area is 143 Å². The molecule has 0 aliphatic rings. The van der Waals surface area contributed by atoms with Gasteiger partial charge in [0.2, 0.25) is 5.91 Å². The summed E-state index contributed by atoms with van der Waals surface area (Å²) < 4.78 is 5.53. The summed E-state index contributed by atoms with van der Waals surface area (Å²) in [5.74, 6) is 0.693. The minimum absolute atomic E-state index is 0.154. The van der Waals surface area contributed by atoms with Crippen LogP contribution in [0.15, 0.2) is 54.6 Å². The number of carbonyl (C=O) groups excluding carboxylic acids is 1. The van der Waals surface area contributed by atoms with Gasteiger partial charge in [0.1, 0.15) is 5.75 Å². The van der Waals surface area contributed by atoms with E-state index in [1.54, 1.807) is 6.08 Å². The zero-order valence-corrected chi connectivity index (χ0v) is 14.5. The molecule has 4 heteroatoms. The molecule has 1 N–H and O–H groups in total. The Bertz CT molecular complexity index is 674. The first-order valence-electron chi connectivity index (χ1n) is 8.08. The molecule has 0 aromatic heterocycles. The summed E-state index contributed by atoms with van der Waals surface area (Å²) in [5, 5.41) is 2.85. The molecule has 4 nitrogen and oxygen atoms in total. The first-order chi connectivity index (χ1) is 11.6. The molecular formula is C20H24N2O2. The van der Waals surface area contributed by atoms with E-state index in [2.05, 4.69) is 12.2 Å². The van der Waals surface area contributed by atoms with E-state index in [0.29, 0.717) is 6.61 Å². The lowest BCUT2D eigenvalue weighted by Crippen LogP contribution is -2.10. The van der Waals surface area contributed by atoms with E-state index in [0.717, 1.165) is 29.1 Å². The summed E-state index contributed by atoms with van der Waals surface area (Å²) in [7, 11) is 3.96. The van der Waals surface area contributed by atoms with Crippen molar-refractivity contribution in [3.8, 4) is 5.75 Å². The highest BCUT2D eigenvalue weighted by Gasteiger charge is 2.00. The molecule has 0 spiro atoms. The van der Waals surface area contributed by atoms with Gasteiger partial charge in [0.25, 0.3) is 0 Å². The molecule has 1 amide bonds. The molecule has 0 aliphatic carbocycles. The third-order valence-corrected chi connectivity index (χ3v) is 3.43. The summed E-state index contributed by atoms with van der Waals surface area (Å²) in [6.45, 7) is 2.79. The normalized spacial score (nSPS) is 10.6. The maximum absolute atomic E-state index is 12.0. The number of benzene rings is 2. The Hall–Kier alpha value is -2.75. The average molecular weight is 324 g/mol. The van der Waals surface area contributed by atoms with Gasteiger partial charge in [-0.25, -0.2) is 0 Å². The number of hydrogen-bond acceptors (Lipinski definition) is 3. The second kappa shape index (κ2) is 8.77. The van der Waals surface area contributed by atoms with Crippen molar-refractivity contribution in [2.75, 3.05) is 30.9 Å². The molecule has 24 heavy (non-hydrogen) atoms. The van der Waals surface area contributed by atoms with Gasteiger partial charge in [0.05, 0.1) is 6.61 Å². The Balaban J connectivity index is 1.90. The van der Waals surface area contributed by atoms with Gasteiger partial charge in [-0.2, -0.15) is 0 Å². The van der Waals surface area contributed by atoms with E-state index < -0.39 is 0 Å². The van der Waals surface area contributed by atoms with Crippen LogP contribution in [0.1, 0.15) is 18.9 Å². The van der Waals surface area contributed by atoms with Crippen molar-refractivity contribution in [2.45, 2.75) is 13.3 Å². The van der Waals surface area contributed by atoms with E-state index in [9.17, 15) is 4.79 Å². The molecular weight excluding hydrogens is 300 g/mol. The van der Waals surface area contributed by atoms with Crippen LogP contribution in [0.4, 0.5) is 11.4 Å². The van der Waals surface area contributed by atoms with Gasteiger partial charge in [-0.15, -0.1) is 0 Å². The van der Waals surface area contributed by atoms with Crippen molar-refractivity contribution in [1.29, 1.82) is 0 Å². The molecule has 0 bridgehead atoms. The van der Waals surface area contributed by atoms with Crippen LogP contribution in [0.3, 0.4) is 0 Å². The van der Waals surface area contributed by atoms with Crippen LogP contribution in [-0.4, -0.2) is 26.6 Å². The van der Waals surface area contributed by atoms with E-state index in [-0.39, 0.29) is 5.91 Å². The fraction of sp³-hybridized carbons (Fsp3) is 0.250. The fourth-order valence-corrected chi connectivity index (χ4v) is 2.09. The third kappa shape index (κ3) is 5.47. The second-order valence-corrected chi connectivity index (χ2v) is 5.68. The third-order valence-electron chi connectivity index (χ3n) is 3.43. The van der Waals surface area contributed by atoms with Gasteiger partial charge in [0, 0.05) is 31.5 Å². The molecule has 0 radical (unpaired) electrons. The highest BCUT2D eigenvalue weighted by atomic mass is 16.5. The van der Waals surface area contributed by atoms with Gasteiger partial charge in [-0.05, 0) is 54.5 Å². The molecule has 2 aromatic rings. The number of nitrogens with one attached hydrogen (secondary N) is 1. The zero-order valence-electron chi connectivity index (χ0n) is 14.5. The zero-order chi connectivity index (χ0) is 17.4. The highest BCUT2D eigenvalue weighted by molar-refractivity contribution is 6.02. The standard InChI is InChI=1S/C20H24N2O2/c1-4-15-24-19-12-5-16(6-13-19)7-14-20(23)21-17-8-10-18(11-9-17)22(2)3/h5-14H,4,15H2,1-3H3,(H,21,23). The lowest BCUT2D eigenvalue weighted by Gasteiger charge is -2.12. The molecule has 0 aliphatic heterocycles. The van der Waals surface area contributed by atoms with Gasteiger partial charge < -0.3 is 15.0 Å². The second-order valence-electron chi connectivity index (χ2n) is 5.68. The van der Waals surface area contributed by atoms with E-state index >= 15 is 0 Å². The Kier molecular flexibility index (Phi) is 6.43. The van der Waals surface area contributed by atoms with E-state index in [1.807, 2.05) is 67.5 Å². The molecule has 2 aromatic carbocycles. The van der Waals surface area contributed by atoms with Crippen LogP contribution < -0.4 is 15.0 Å². The molecule has 0 saturated heterocycles. The van der Waals surface area contributed by atoms with Crippen LogP contribution in [0, 0.1) is 0 Å². The monoisotopic (exact) mass is 324 g/mol. The minimum atomic E-state index is -0.154. The molecule has 0 saturated carbocycles. The lowest BCUT2D eigenvalue weighted by molar-refractivity contribution is -0.111. The number of rotatable bonds is 7. The molecule has 0 atom stereocenters. The molecule has 2 rings (SSSR count). The Morgan fingerprint density at radius 3 is 2.33 bits per heavy atom. The fourth-order valence-electron chi connectivity index (χ4n) is 2.09. The SMILES string of the molecule is CCCOc1ccc(C=CC(=O)Nc2ccc(N(C)C)cc2)cc1. The summed E-state index contributed by atoms with van der Waals surface area (Å²) in [6, 6.07) is 15.4. The van der Waals surface area contributed by atoms with Gasteiger partial charge in [-0.3, -0.25) is 4.79 Å². The van der Waals surface area contributed by atoms with Crippen molar-refractivity contribution in [1.82, 2.24) is 0 Å². The molecule has 126 valence electrons. The Morgan fingerprint density at radius 2 is 1.75 bits per heavy atom. The molecule has 0 heterocycles. The van der Waals surface area contributed by atoms with E-state index in [1.165, 1.54) is 6.08 Å². The van der Waals surface area contributed by atoms with Crippen molar-refractivity contribution < 1.29 is 9.53 Å². The smallest absolute Gasteiger partial charge is 0.248 e. The number of ether oxygens (including phenoxy) is 1. The van der Waals surface area contributed by atoms with Crippen molar-refractivity contribution >= 4 is 23.4 Å². The lowest BCUT2D eigenvalue weighted by atomic mass is 10.2. The predicted molar refractivity (Wildman–Crippen MR) is 101 cm³/mol. The van der Waals surface area contributed by atoms with Crippen LogP contribution in [-0.2, 0) is 4.79 Å². The summed E-state index contributed by atoms with van der Waals surface area (Å²) in [5.41, 5.74) is 2.82. The summed E-state index contributed by atoms with van der Waals surface area (Å²) in [4.78, 5) is 14.0. The maximum atomic E-state index is 12.0. The average Bonchev–Trinajstić information content (AvgIpc) is 2.59. The number of hydrogen-bond donors (Lipinski definition) is 1. The maximum Gasteiger partial charge on any atom is 0.248 e. The first-order valence-corrected chi connectivity index (χ1v) is 8.08. The van der Waals surface area contributed by atoms with Crippen molar-refractivity contribution in [2.24, 2.45) is 0 Å². The first kappa shape index (κ1) is 17.6. The Morgan fingerprint density at radius 1 is 1.08 bits per heavy atom. The minimum Gasteiger partial charge on any atom is -0.494 e. The number of carbonyl (C=O) groups is 1. The number of nitrogens with zero attached hydrogens (tertiary/aromatic N) is 1. The molecule has 0 fully saturated rings. The van der Waals surface area contributed by atoms with Crippen LogP contribution >= 0.6 is 0 Å². The van der Waals surface area contributed by atoms with Crippen LogP contribution in [0.25, 0.3) is 6.08 Å². The van der Waals surface area contributed by atoms with E-state index in [4.69, 9.17) is 4.74 Å².